The summed E-state index contributed by atoms with van der Waals surface area (Å²) in [5.74, 6) is -1.65. The van der Waals surface area contributed by atoms with Gasteiger partial charge in [0, 0.05) is 6.54 Å². The number of anilines is 1. The first-order valence-electron chi connectivity index (χ1n) is 8.84. The average molecular weight is 414 g/mol. The van der Waals surface area contributed by atoms with E-state index in [1.165, 1.54) is 0 Å². The van der Waals surface area contributed by atoms with Crippen molar-refractivity contribution in [3.05, 3.63) is 51.4 Å². The van der Waals surface area contributed by atoms with Crippen LogP contribution >= 0.6 is 11.3 Å². The van der Waals surface area contributed by atoms with Gasteiger partial charge in [-0.3, -0.25) is 14.5 Å². The Hall–Kier alpha value is -3.22. The molecular weight excluding hydrogens is 392 g/mol. The molecule has 0 aliphatic rings. The summed E-state index contributed by atoms with van der Waals surface area (Å²) in [5, 5.41) is 11.9. The average Bonchev–Trinajstić information content (AvgIpc) is 2.97. The number of rotatable bonds is 8. The van der Waals surface area contributed by atoms with Gasteiger partial charge in [-0.1, -0.05) is 12.1 Å². The Kier molecular flexibility index (Phi) is 7.47. The molecule has 0 atom stereocenters. The molecule has 1 aromatic heterocycles. The highest BCUT2D eigenvalue weighted by molar-refractivity contribution is 7.18. The number of carbonyl (C=O) groups is 3. The number of carbonyl (C=O) groups excluding carboxylic acids is 3. The van der Waals surface area contributed by atoms with Crippen LogP contribution in [-0.2, 0) is 16.1 Å². The molecule has 3 N–H and O–H groups in total. The van der Waals surface area contributed by atoms with Gasteiger partial charge in [0.15, 0.2) is 0 Å². The van der Waals surface area contributed by atoms with Gasteiger partial charge in [0.05, 0.1) is 35.2 Å². The van der Waals surface area contributed by atoms with Gasteiger partial charge < -0.3 is 15.8 Å². The third-order valence-corrected chi connectivity index (χ3v) is 5.25. The topological polar surface area (TPSA) is 126 Å². The van der Waals surface area contributed by atoms with E-state index in [0.29, 0.717) is 17.7 Å². The van der Waals surface area contributed by atoms with Crippen LogP contribution in [0, 0.1) is 18.3 Å². The van der Waals surface area contributed by atoms with Crippen molar-refractivity contribution in [1.29, 1.82) is 5.26 Å². The first-order valence-corrected chi connectivity index (χ1v) is 9.66. The summed E-state index contributed by atoms with van der Waals surface area (Å²) in [7, 11) is 1.76. The number of likely N-dealkylation sites (N-methyl/N-ethyl adjacent to an activating group) is 1. The van der Waals surface area contributed by atoms with Gasteiger partial charge >= 0.3 is 5.97 Å². The summed E-state index contributed by atoms with van der Waals surface area (Å²) in [6, 6.07) is 9.21. The molecule has 1 heterocycles. The SMILES string of the molecule is CCOC(=O)c1c(NC(=O)CN(C)Cc2cccc(C#N)c2)sc(C(N)=O)c1C. The first-order chi connectivity index (χ1) is 13.8. The largest absolute Gasteiger partial charge is 0.462 e. The van der Waals surface area contributed by atoms with Gasteiger partial charge in [0.25, 0.3) is 5.91 Å². The minimum Gasteiger partial charge on any atom is -0.462 e. The molecule has 2 rings (SSSR count). The number of nitrogens with two attached hydrogens (primary N) is 1. The summed E-state index contributed by atoms with van der Waals surface area (Å²) >= 11 is 0.951. The normalized spacial score (nSPS) is 10.4. The van der Waals surface area contributed by atoms with Crippen molar-refractivity contribution >= 4 is 34.1 Å². The summed E-state index contributed by atoms with van der Waals surface area (Å²) in [5.41, 5.74) is 7.34. The number of hydrogen-bond acceptors (Lipinski definition) is 7. The van der Waals surface area contributed by atoms with Gasteiger partial charge in [-0.15, -0.1) is 11.3 Å². The summed E-state index contributed by atoms with van der Waals surface area (Å²) in [4.78, 5) is 38.4. The Morgan fingerprint density at radius 3 is 2.69 bits per heavy atom. The number of thiophene rings is 1. The maximum Gasteiger partial charge on any atom is 0.341 e. The van der Waals surface area contributed by atoms with Gasteiger partial charge in [-0.2, -0.15) is 5.26 Å². The van der Waals surface area contributed by atoms with Crippen molar-refractivity contribution in [3.63, 3.8) is 0 Å². The van der Waals surface area contributed by atoms with Crippen molar-refractivity contribution in [2.75, 3.05) is 25.5 Å². The monoisotopic (exact) mass is 414 g/mol. The Balaban J connectivity index is 2.13. The zero-order valence-corrected chi connectivity index (χ0v) is 17.3. The zero-order chi connectivity index (χ0) is 21.6. The molecule has 2 aromatic rings. The summed E-state index contributed by atoms with van der Waals surface area (Å²) < 4.78 is 5.03. The molecular formula is C20H22N4O4S. The number of amides is 2. The van der Waals surface area contributed by atoms with Crippen LogP contribution in [0.15, 0.2) is 24.3 Å². The number of nitriles is 1. The maximum atomic E-state index is 12.5. The second kappa shape index (κ2) is 9.82. The van der Waals surface area contributed by atoms with Gasteiger partial charge in [-0.25, -0.2) is 4.79 Å². The number of esters is 1. The quantitative estimate of drug-likeness (QED) is 0.638. The Labute approximate surface area is 172 Å². The molecule has 0 spiro atoms. The third-order valence-electron chi connectivity index (χ3n) is 4.03. The van der Waals surface area contributed by atoms with E-state index in [1.54, 1.807) is 44.0 Å². The lowest BCUT2D eigenvalue weighted by atomic mass is 10.1. The van der Waals surface area contributed by atoms with Crippen molar-refractivity contribution in [1.82, 2.24) is 4.90 Å². The maximum absolute atomic E-state index is 12.5. The van der Waals surface area contributed by atoms with Crippen LogP contribution in [0.3, 0.4) is 0 Å². The summed E-state index contributed by atoms with van der Waals surface area (Å²) in [6.45, 7) is 3.93. The molecule has 0 unspecified atom stereocenters. The molecule has 0 saturated carbocycles. The fourth-order valence-electron chi connectivity index (χ4n) is 2.80. The Bertz CT molecular complexity index is 977. The predicted octanol–water partition coefficient (Wildman–Crippen LogP) is 2.27. The minimum atomic E-state index is -0.673. The number of primary amides is 1. The van der Waals surface area contributed by atoms with Gasteiger partial charge in [-0.05, 0) is 44.2 Å². The lowest BCUT2D eigenvalue weighted by Crippen LogP contribution is -2.30. The smallest absolute Gasteiger partial charge is 0.341 e. The molecule has 0 aliphatic carbocycles. The second-order valence-electron chi connectivity index (χ2n) is 6.38. The fraction of sp³-hybridized carbons (Fsp3) is 0.300. The van der Waals surface area contributed by atoms with E-state index in [2.05, 4.69) is 11.4 Å². The van der Waals surface area contributed by atoms with E-state index < -0.39 is 11.9 Å². The van der Waals surface area contributed by atoms with Gasteiger partial charge in [0.2, 0.25) is 5.91 Å². The third kappa shape index (κ3) is 5.63. The number of hydrogen-bond donors (Lipinski definition) is 2. The van der Waals surface area contributed by atoms with E-state index in [1.807, 2.05) is 6.07 Å². The Morgan fingerprint density at radius 1 is 1.34 bits per heavy atom. The zero-order valence-electron chi connectivity index (χ0n) is 16.4. The predicted molar refractivity (Wildman–Crippen MR) is 110 cm³/mol. The lowest BCUT2D eigenvalue weighted by molar-refractivity contribution is -0.117. The number of benzene rings is 1. The van der Waals surface area contributed by atoms with Crippen molar-refractivity contribution in [3.8, 4) is 6.07 Å². The molecule has 1 aromatic carbocycles. The first kappa shape index (κ1) is 22.1. The van der Waals surface area contributed by atoms with Gasteiger partial charge in [0.1, 0.15) is 5.00 Å². The molecule has 0 aliphatic heterocycles. The number of nitrogens with one attached hydrogen (secondary N) is 1. The molecule has 0 bridgehead atoms. The molecule has 152 valence electrons. The molecule has 2 amide bonds. The molecule has 0 saturated heterocycles. The van der Waals surface area contributed by atoms with Crippen LogP contribution in [0.2, 0.25) is 0 Å². The van der Waals surface area contributed by atoms with Crippen LogP contribution in [0.1, 0.15) is 43.6 Å². The fourth-order valence-corrected chi connectivity index (χ4v) is 3.87. The molecule has 9 heteroatoms. The van der Waals surface area contributed by atoms with Crippen molar-refractivity contribution < 1.29 is 19.1 Å². The summed E-state index contributed by atoms with van der Waals surface area (Å²) in [6.07, 6.45) is 0. The van der Waals surface area contributed by atoms with Crippen LogP contribution < -0.4 is 11.1 Å². The highest BCUT2D eigenvalue weighted by Crippen LogP contribution is 2.33. The van der Waals surface area contributed by atoms with Crippen molar-refractivity contribution in [2.45, 2.75) is 20.4 Å². The molecule has 29 heavy (non-hydrogen) atoms. The molecule has 0 fully saturated rings. The van der Waals surface area contributed by atoms with E-state index >= 15 is 0 Å². The molecule has 8 nitrogen and oxygen atoms in total. The van der Waals surface area contributed by atoms with Crippen LogP contribution in [0.4, 0.5) is 5.00 Å². The standard InChI is InChI=1S/C20H22N4O4S/c1-4-28-20(27)16-12(2)17(18(22)26)29-19(16)23-15(25)11-24(3)10-14-7-5-6-13(8-14)9-21/h5-8H,4,10-11H2,1-3H3,(H2,22,26)(H,23,25). The van der Waals surface area contributed by atoms with Crippen LogP contribution in [0.25, 0.3) is 0 Å². The highest BCUT2D eigenvalue weighted by atomic mass is 32.1. The minimum absolute atomic E-state index is 0.0436. The van der Waals surface area contributed by atoms with Crippen molar-refractivity contribution in [2.24, 2.45) is 5.73 Å². The second-order valence-corrected chi connectivity index (χ2v) is 7.40. The Morgan fingerprint density at radius 2 is 2.07 bits per heavy atom. The van der Waals surface area contributed by atoms with E-state index in [4.69, 9.17) is 15.7 Å². The van der Waals surface area contributed by atoms with E-state index in [0.717, 1.165) is 16.9 Å². The number of ether oxygens (including phenoxy) is 1. The lowest BCUT2D eigenvalue weighted by Gasteiger charge is -2.16. The highest BCUT2D eigenvalue weighted by Gasteiger charge is 2.25. The van der Waals surface area contributed by atoms with E-state index in [9.17, 15) is 14.4 Å². The van der Waals surface area contributed by atoms with Crippen LogP contribution in [0.5, 0.6) is 0 Å². The molecule has 0 radical (unpaired) electrons. The number of nitrogens with zero attached hydrogens (tertiary/aromatic N) is 2. The van der Waals surface area contributed by atoms with Crippen LogP contribution in [-0.4, -0.2) is 42.9 Å². The van der Waals surface area contributed by atoms with E-state index in [-0.39, 0.29) is 34.5 Å².